The lowest BCUT2D eigenvalue weighted by atomic mass is 9.86. The van der Waals surface area contributed by atoms with E-state index in [0.717, 1.165) is 11.1 Å². The number of ether oxygens (including phenoxy) is 3. The third-order valence-corrected chi connectivity index (χ3v) is 5.45. The van der Waals surface area contributed by atoms with Gasteiger partial charge in [-0.1, -0.05) is 45.0 Å². The van der Waals surface area contributed by atoms with Gasteiger partial charge in [0, 0.05) is 6.07 Å². The Kier molecular flexibility index (Phi) is 6.77. The van der Waals surface area contributed by atoms with Crippen LogP contribution in [0.15, 0.2) is 48.2 Å². The van der Waals surface area contributed by atoms with Gasteiger partial charge in [0.1, 0.15) is 11.5 Å². The standard InChI is InChI=1S/C27H19F5O5/c1-27(2,3)14-6-4-13(5-7-14)10-18-25(34)16-9-8-15(11-17(16)37-18)36-19(33)12-35-26-23(31)21(29)20(28)22(30)24(26)32/h4-11H,12H2,1-3H3/b18-10-. The van der Waals surface area contributed by atoms with Crippen LogP contribution in [-0.2, 0) is 10.2 Å². The van der Waals surface area contributed by atoms with Crippen LogP contribution in [0.2, 0.25) is 0 Å². The molecule has 0 amide bonds. The van der Waals surface area contributed by atoms with Crippen molar-refractivity contribution in [3.8, 4) is 17.2 Å². The van der Waals surface area contributed by atoms with Crippen molar-refractivity contribution in [2.45, 2.75) is 26.2 Å². The molecule has 3 aromatic carbocycles. The Labute approximate surface area is 208 Å². The Morgan fingerprint density at radius 1 is 0.892 bits per heavy atom. The van der Waals surface area contributed by atoms with Gasteiger partial charge in [0.25, 0.3) is 0 Å². The number of fused-ring (bicyclic) bond motifs is 1. The summed E-state index contributed by atoms with van der Waals surface area (Å²) >= 11 is 0. The van der Waals surface area contributed by atoms with Crippen molar-refractivity contribution in [3.63, 3.8) is 0 Å². The van der Waals surface area contributed by atoms with E-state index in [1.165, 1.54) is 18.2 Å². The Hall–Kier alpha value is -4.21. The molecule has 0 bridgehead atoms. The summed E-state index contributed by atoms with van der Waals surface area (Å²) in [6.07, 6.45) is 1.57. The van der Waals surface area contributed by atoms with E-state index in [1.54, 1.807) is 6.08 Å². The van der Waals surface area contributed by atoms with Crippen molar-refractivity contribution in [2.75, 3.05) is 6.61 Å². The number of carbonyl (C=O) groups is 2. The van der Waals surface area contributed by atoms with Gasteiger partial charge >= 0.3 is 5.97 Å². The number of allylic oxidation sites excluding steroid dienone is 1. The van der Waals surface area contributed by atoms with E-state index in [2.05, 4.69) is 25.5 Å². The molecule has 0 spiro atoms. The average Bonchev–Trinajstić information content (AvgIpc) is 3.15. The fourth-order valence-corrected chi connectivity index (χ4v) is 3.46. The van der Waals surface area contributed by atoms with Crippen LogP contribution in [0.1, 0.15) is 42.3 Å². The molecule has 0 fully saturated rings. The maximum atomic E-state index is 13.7. The van der Waals surface area contributed by atoms with Gasteiger partial charge in [0.2, 0.25) is 34.9 Å². The number of hydrogen-bond acceptors (Lipinski definition) is 5. The molecule has 0 saturated carbocycles. The second-order valence-electron chi connectivity index (χ2n) is 9.13. The second-order valence-corrected chi connectivity index (χ2v) is 9.13. The van der Waals surface area contributed by atoms with Crippen LogP contribution in [0.5, 0.6) is 17.2 Å². The van der Waals surface area contributed by atoms with Gasteiger partial charge in [0.15, 0.2) is 18.1 Å². The van der Waals surface area contributed by atoms with E-state index in [9.17, 15) is 31.5 Å². The quantitative estimate of drug-likeness (QED) is 0.0994. The van der Waals surface area contributed by atoms with Gasteiger partial charge in [0.05, 0.1) is 5.56 Å². The highest BCUT2D eigenvalue weighted by atomic mass is 19.2. The van der Waals surface area contributed by atoms with Crippen LogP contribution in [0.25, 0.3) is 6.08 Å². The van der Waals surface area contributed by atoms with Gasteiger partial charge in [-0.05, 0) is 34.8 Å². The first-order valence-electron chi connectivity index (χ1n) is 10.9. The van der Waals surface area contributed by atoms with Crippen molar-refractivity contribution < 1.29 is 45.8 Å². The lowest BCUT2D eigenvalue weighted by molar-refractivity contribution is -0.136. The maximum absolute atomic E-state index is 13.7. The summed E-state index contributed by atoms with van der Waals surface area (Å²) in [6.45, 7) is 5.08. The first kappa shape index (κ1) is 25.9. The van der Waals surface area contributed by atoms with Crippen LogP contribution >= 0.6 is 0 Å². The first-order chi connectivity index (χ1) is 17.4. The highest BCUT2D eigenvalue weighted by Gasteiger charge is 2.29. The molecular weight excluding hydrogens is 499 g/mol. The molecule has 1 aliphatic heterocycles. The summed E-state index contributed by atoms with van der Waals surface area (Å²) in [5.41, 5.74) is 2.04. The highest BCUT2D eigenvalue weighted by Crippen LogP contribution is 2.35. The molecule has 37 heavy (non-hydrogen) atoms. The molecule has 4 rings (SSSR count). The summed E-state index contributed by atoms with van der Waals surface area (Å²) in [4.78, 5) is 24.7. The molecule has 0 aromatic heterocycles. The van der Waals surface area contributed by atoms with Gasteiger partial charge in [-0.15, -0.1) is 0 Å². The van der Waals surface area contributed by atoms with E-state index in [-0.39, 0.29) is 34.0 Å². The number of hydrogen-bond donors (Lipinski definition) is 0. The van der Waals surface area contributed by atoms with Crippen LogP contribution in [0, 0.1) is 29.1 Å². The van der Waals surface area contributed by atoms with Crippen molar-refractivity contribution >= 4 is 17.8 Å². The summed E-state index contributed by atoms with van der Waals surface area (Å²) in [5.74, 6) is -14.4. The van der Waals surface area contributed by atoms with E-state index in [4.69, 9.17) is 9.47 Å². The van der Waals surface area contributed by atoms with Crippen LogP contribution in [0.3, 0.4) is 0 Å². The molecule has 1 heterocycles. The van der Waals surface area contributed by atoms with Gasteiger partial charge in [-0.3, -0.25) is 4.79 Å². The van der Waals surface area contributed by atoms with Crippen molar-refractivity contribution in [3.05, 3.63) is 94.0 Å². The number of Topliss-reactive ketones (excluding diaryl/α,β-unsaturated/α-hetero) is 1. The Morgan fingerprint density at radius 2 is 1.49 bits per heavy atom. The van der Waals surface area contributed by atoms with Crippen LogP contribution in [0.4, 0.5) is 22.0 Å². The lowest BCUT2D eigenvalue weighted by Crippen LogP contribution is -2.19. The summed E-state index contributed by atoms with van der Waals surface area (Å²) < 4.78 is 82.1. The third-order valence-electron chi connectivity index (χ3n) is 5.45. The second kappa shape index (κ2) is 9.68. The molecule has 0 atom stereocenters. The van der Waals surface area contributed by atoms with Gasteiger partial charge in [-0.25, -0.2) is 18.0 Å². The SMILES string of the molecule is CC(C)(C)c1ccc(/C=C2\Oc3cc(OC(=O)COc4c(F)c(F)c(F)c(F)c4F)ccc3C2=O)cc1. The first-order valence-corrected chi connectivity index (χ1v) is 10.9. The summed E-state index contributed by atoms with van der Waals surface area (Å²) in [7, 11) is 0. The molecule has 5 nitrogen and oxygen atoms in total. The highest BCUT2D eigenvalue weighted by molar-refractivity contribution is 6.14. The molecular formula is C27H19F5O5. The topological polar surface area (TPSA) is 61.8 Å². The Morgan fingerprint density at radius 3 is 2.08 bits per heavy atom. The number of rotatable bonds is 5. The molecule has 3 aromatic rings. The fraction of sp³-hybridized carbons (Fsp3) is 0.185. The molecule has 10 heteroatoms. The van der Waals surface area contributed by atoms with E-state index < -0.39 is 47.4 Å². The van der Waals surface area contributed by atoms with Crippen LogP contribution < -0.4 is 14.2 Å². The molecule has 192 valence electrons. The summed E-state index contributed by atoms with van der Waals surface area (Å²) in [5, 5.41) is 0. The Balaban J connectivity index is 1.44. The molecule has 0 aliphatic carbocycles. The molecule has 0 unspecified atom stereocenters. The average molecular weight is 518 g/mol. The molecule has 1 aliphatic rings. The van der Waals surface area contributed by atoms with Gasteiger partial charge in [-0.2, -0.15) is 8.78 Å². The monoisotopic (exact) mass is 518 g/mol. The smallest absolute Gasteiger partial charge is 0.349 e. The van der Waals surface area contributed by atoms with E-state index in [0.29, 0.717) is 0 Å². The largest absolute Gasteiger partial charge is 0.476 e. The fourth-order valence-electron chi connectivity index (χ4n) is 3.46. The predicted octanol–water partition coefficient (Wildman–Crippen LogP) is 6.28. The maximum Gasteiger partial charge on any atom is 0.349 e. The van der Waals surface area contributed by atoms with Crippen molar-refractivity contribution in [2.24, 2.45) is 0 Å². The van der Waals surface area contributed by atoms with Crippen LogP contribution in [-0.4, -0.2) is 18.4 Å². The zero-order chi connectivity index (χ0) is 27.1. The molecule has 0 N–H and O–H groups in total. The minimum Gasteiger partial charge on any atom is -0.476 e. The lowest BCUT2D eigenvalue weighted by Gasteiger charge is -2.18. The van der Waals surface area contributed by atoms with Crippen molar-refractivity contribution in [1.82, 2.24) is 0 Å². The predicted molar refractivity (Wildman–Crippen MR) is 122 cm³/mol. The summed E-state index contributed by atoms with van der Waals surface area (Å²) in [6, 6.07) is 11.5. The molecule has 0 radical (unpaired) electrons. The number of carbonyl (C=O) groups excluding carboxylic acids is 2. The minimum atomic E-state index is -2.35. The van der Waals surface area contributed by atoms with E-state index >= 15 is 0 Å². The van der Waals surface area contributed by atoms with Crippen molar-refractivity contribution in [1.29, 1.82) is 0 Å². The van der Waals surface area contributed by atoms with E-state index in [1.807, 2.05) is 24.3 Å². The normalized spacial score (nSPS) is 13.9. The zero-order valence-electron chi connectivity index (χ0n) is 19.8. The number of esters is 1. The number of ketones is 1. The molecule has 0 saturated heterocycles. The minimum absolute atomic E-state index is 0.0335. The van der Waals surface area contributed by atoms with Gasteiger partial charge < -0.3 is 14.2 Å². The third kappa shape index (κ3) is 5.18. The number of halogens is 5. The number of benzene rings is 3. The zero-order valence-corrected chi connectivity index (χ0v) is 19.8. The Bertz CT molecular complexity index is 1410.